The van der Waals surface area contributed by atoms with E-state index in [-0.39, 0.29) is 17.3 Å². The van der Waals surface area contributed by atoms with Gasteiger partial charge in [-0.1, -0.05) is 24.6 Å². The number of sulfonamides is 1. The molecule has 1 saturated heterocycles. The molecule has 1 aliphatic rings. The van der Waals surface area contributed by atoms with Gasteiger partial charge in [0.15, 0.2) is 0 Å². The highest BCUT2D eigenvalue weighted by molar-refractivity contribution is 7.89. The van der Waals surface area contributed by atoms with Crippen molar-refractivity contribution in [2.24, 2.45) is 0 Å². The van der Waals surface area contributed by atoms with Crippen LogP contribution < -0.4 is 5.32 Å². The van der Waals surface area contributed by atoms with Gasteiger partial charge >= 0.3 is 0 Å². The average molecular weight is 380 g/mol. The quantitative estimate of drug-likeness (QED) is 0.705. The van der Waals surface area contributed by atoms with E-state index < -0.39 is 10.0 Å². The molecule has 1 N–H and O–H groups in total. The van der Waals surface area contributed by atoms with Crippen LogP contribution >= 0.6 is 0 Å². The molecule has 0 spiro atoms. The zero-order valence-electron chi connectivity index (χ0n) is 15.7. The lowest BCUT2D eigenvalue weighted by Gasteiger charge is -2.26. The number of nitrogens with one attached hydrogen (secondary N) is 1. The molecule has 0 bridgehead atoms. The van der Waals surface area contributed by atoms with Crippen molar-refractivity contribution in [1.82, 2.24) is 9.21 Å². The minimum absolute atomic E-state index is 0.0419. The minimum Gasteiger partial charge on any atom is -0.376 e. The number of carbonyl (C=O) groups is 1. The highest BCUT2D eigenvalue weighted by Gasteiger charge is 2.26. The van der Waals surface area contributed by atoms with Gasteiger partial charge in [-0.15, -0.1) is 0 Å². The molecule has 0 aromatic heterocycles. The Kier molecular flexibility index (Phi) is 7.23. The van der Waals surface area contributed by atoms with Crippen LogP contribution in [0.25, 0.3) is 0 Å². The largest absolute Gasteiger partial charge is 0.376 e. The van der Waals surface area contributed by atoms with Crippen LogP contribution in [-0.4, -0.2) is 56.3 Å². The summed E-state index contributed by atoms with van der Waals surface area (Å²) in [6.45, 7) is 10.1. The molecular weight excluding hydrogens is 350 g/mol. The van der Waals surface area contributed by atoms with Gasteiger partial charge < -0.3 is 10.2 Å². The first-order valence-electron chi connectivity index (χ1n) is 9.11. The minimum atomic E-state index is -3.47. The zero-order valence-corrected chi connectivity index (χ0v) is 16.5. The molecule has 0 radical (unpaired) electrons. The SMILES string of the molecule is C=C(C)CN(CC)C(=O)CNc1cccc(S(=O)(=O)N2CCCCC2)c1. The first kappa shape index (κ1) is 20.5. The molecule has 1 aromatic carbocycles. The number of amides is 1. The number of hydrogen-bond acceptors (Lipinski definition) is 4. The normalized spacial score (nSPS) is 15.5. The van der Waals surface area contributed by atoms with Crippen molar-refractivity contribution in [3.8, 4) is 0 Å². The van der Waals surface area contributed by atoms with E-state index in [4.69, 9.17) is 0 Å². The summed E-state index contributed by atoms with van der Waals surface area (Å²) in [4.78, 5) is 14.3. The van der Waals surface area contributed by atoms with Crippen molar-refractivity contribution in [3.63, 3.8) is 0 Å². The summed E-state index contributed by atoms with van der Waals surface area (Å²) in [5, 5.41) is 3.04. The van der Waals surface area contributed by atoms with E-state index in [1.807, 2.05) is 13.8 Å². The van der Waals surface area contributed by atoms with Gasteiger partial charge in [0.2, 0.25) is 15.9 Å². The summed E-state index contributed by atoms with van der Waals surface area (Å²) in [6, 6.07) is 6.69. The Morgan fingerprint density at radius 1 is 1.27 bits per heavy atom. The fraction of sp³-hybridized carbons (Fsp3) is 0.526. The number of hydrogen-bond donors (Lipinski definition) is 1. The summed E-state index contributed by atoms with van der Waals surface area (Å²) in [5.41, 5.74) is 1.55. The van der Waals surface area contributed by atoms with Gasteiger partial charge in [0.25, 0.3) is 0 Å². The molecule has 1 aliphatic heterocycles. The van der Waals surface area contributed by atoms with Crippen LogP contribution in [0.4, 0.5) is 5.69 Å². The molecule has 6 nitrogen and oxygen atoms in total. The van der Waals surface area contributed by atoms with E-state index in [1.54, 1.807) is 33.5 Å². The fourth-order valence-corrected chi connectivity index (χ4v) is 4.58. The summed E-state index contributed by atoms with van der Waals surface area (Å²) >= 11 is 0. The molecule has 1 fully saturated rings. The van der Waals surface area contributed by atoms with E-state index >= 15 is 0 Å². The lowest BCUT2D eigenvalue weighted by atomic mass is 10.2. The van der Waals surface area contributed by atoms with E-state index in [1.165, 1.54) is 0 Å². The van der Waals surface area contributed by atoms with Gasteiger partial charge in [-0.2, -0.15) is 4.31 Å². The predicted molar refractivity (Wildman–Crippen MR) is 105 cm³/mol. The first-order valence-corrected chi connectivity index (χ1v) is 10.5. The van der Waals surface area contributed by atoms with Crippen molar-refractivity contribution in [2.75, 3.05) is 38.0 Å². The molecule has 7 heteroatoms. The van der Waals surface area contributed by atoms with Crippen molar-refractivity contribution in [1.29, 1.82) is 0 Å². The Hall–Kier alpha value is -1.86. The Morgan fingerprint density at radius 3 is 2.58 bits per heavy atom. The summed E-state index contributed by atoms with van der Waals surface area (Å²) in [5.74, 6) is -0.0419. The standard InChI is InChI=1S/C19H29N3O3S/c1-4-21(15-16(2)3)19(23)14-20-17-9-8-10-18(13-17)26(24,25)22-11-6-5-7-12-22/h8-10,13,20H,2,4-7,11-12,14-15H2,1,3H3. The van der Waals surface area contributed by atoms with Gasteiger partial charge in [-0.05, 0) is 44.9 Å². The van der Waals surface area contributed by atoms with Gasteiger partial charge in [0.1, 0.15) is 0 Å². The van der Waals surface area contributed by atoms with Crippen LogP contribution in [0.1, 0.15) is 33.1 Å². The topological polar surface area (TPSA) is 69.7 Å². The third-order valence-corrected chi connectivity index (χ3v) is 6.32. The van der Waals surface area contributed by atoms with Crippen molar-refractivity contribution >= 4 is 21.6 Å². The number of likely N-dealkylation sites (N-methyl/N-ethyl adjacent to an activating group) is 1. The van der Waals surface area contributed by atoms with Crippen LogP contribution in [0, 0.1) is 0 Å². The second-order valence-corrected chi connectivity index (χ2v) is 8.65. The molecule has 1 aromatic rings. The molecule has 1 amide bonds. The Morgan fingerprint density at radius 2 is 1.96 bits per heavy atom. The number of benzene rings is 1. The molecule has 0 aliphatic carbocycles. The molecule has 0 unspecified atom stereocenters. The molecular formula is C19H29N3O3S. The summed E-state index contributed by atoms with van der Waals surface area (Å²) < 4.78 is 27.1. The lowest BCUT2D eigenvalue weighted by molar-refractivity contribution is -0.128. The number of carbonyl (C=O) groups excluding carboxylic acids is 1. The van der Waals surface area contributed by atoms with E-state index in [0.717, 1.165) is 24.8 Å². The van der Waals surface area contributed by atoms with Crippen LogP contribution in [0.3, 0.4) is 0 Å². The van der Waals surface area contributed by atoms with Gasteiger partial charge in [0, 0.05) is 31.9 Å². The van der Waals surface area contributed by atoms with Crippen LogP contribution in [0.15, 0.2) is 41.3 Å². The molecule has 0 saturated carbocycles. The van der Waals surface area contributed by atoms with Crippen LogP contribution in [-0.2, 0) is 14.8 Å². The smallest absolute Gasteiger partial charge is 0.243 e. The van der Waals surface area contributed by atoms with E-state index in [2.05, 4.69) is 11.9 Å². The zero-order chi connectivity index (χ0) is 19.2. The number of nitrogens with zero attached hydrogens (tertiary/aromatic N) is 2. The first-order chi connectivity index (χ1) is 12.3. The summed E-state index contributed by atoms with van der Waals surface area (Å²) in [6.07, 6.45) is 2.89. The Bertz CT molecular complexity index is 740. The van der Waals surface area contributed by atoms with Gasteiger partial charge in [0.05, 0.1) is 11.4 Å². The Labute approximate surface area is 156 Å². The third kappa shape index (κ3) is 5.32. The van der Waals surface area contributed by atoms with Gasteiger partial charge in [-0.3, -0.25) is 4.79 Å². The Balaban J connectivity index is 2.04. The highest BCUT2D eigenvalue weighted by atomic mass is 32.2. The van der Waals surface area contributed by atoms with E-state index in [9.17, 15) is 13.2 Å². The number of piperidine rings is 1. The third-order valence-electron chi connectivity index (χ3n) is 4.43. The maximum atomic E-state index is 12.8. The van der Waals surface area contributed by atoms with Crippen molar-refractivity contribution < 1.29 is 13.2 Å². The van der Waals surface area contributed by atoms with E-state index in [0.29, 0.717) is 31.9 Å². The summed E-state index contributed by atoms with van der Waals surface area (Å²) in [7, 11) is -3.47. The van der Waals surface area contributed by atoms with Crippen LogP contribution in [0.2, 0.25) is 0 Å². The number of rotatable bonds is 8. The van der Waals surface area contributed by atoms with Crippen LogP contribution in [0.5, 0.6) is 0 Å². The molecule has 26 heavy (non-hydrogen) atoms. The highest BCUT2D eigenvalue weighted by Crippen LogP contribution is 2.22. The second kappa shape index (κ2) is 9.19. The molecule has 1 heterocycles. The monoisotopic (exact) mass is 379 g/mol. The second-order valence-electron chi connectivity index (χ2n) is 6.71. The fourth-order valence-electron chi connectivity index (χ4n) is 3.01. The predicted octanol–water partition coefficient (Wildman–Crippen LogP) is 2.70. The van der Waals surface area contributed by atoms with Crippen molar-refractivity contribution in [3.05, 3.63) is 36.4 Å². The average Bonchev–Trinajstić information content (AvgIpc) is 2.65. The maximum Gasteiger partial charge on any atom is 0.243 e. The molecule has 0 atom stereocenters. The lowest BCUT2D eigenvalue weighted by Crippen LogP contribution is -2.36. The maximum absolute atomic E-state index is 12.8. The van der Waals surface area contributed by atoms with Gasteiger partial charge in [-0.25, -0.2) is 8.42 Å². The number of anilines is 1. The molecule has 2 rings (SSSR count). The molecule has 144 valence electrons. The van der Waals surface area contributed by atoms with Crippen molar-refractivity contribution in [2.45, 2.75) is 38.0 Å².